The van der Waals surface area contributed by atoms with Gasteiger partial charge in [0.1, 0.15) is 0 Å². The third kappa shape index (κ3) is 3.61. The van der Waals surface area contributed by atoms with E-state index in [0.717, 1.165) is 50.6 Å². The topological polar surface area (TPSA) is 53.6 Å². The lowest BCUT2D eigenvalue weighted by molar-refractivity contribution is -0.116. The molecule has 0 bridgehead atoms. The van der Waals surface area contributed by atoms with Gasteiger partial charge in [0.15, 0.2) is 0 Å². The lowest BCUT2D eigenvalue weighted by atomic mass is 10.0. The highest BCUT2D eigenvalue weighted by atomic mass is 16.5. The van der Waals surface area contributed by atoms with Crippen LogP contribution in [0.1, 0.15) is 17.5 Å². The van der Waals surface area contributed by atoms with Crippen LogP contribution < -0.4 is 15.5 Å². The van der Waals surface area contributed by atoms with Gasteiger partial charge in [0.25, 0.3) is 0 Å². The Labute approximate surface area is 148 Å². The van der Waals surface area contributed by atoms with Crippen molar-refractivity contribution in [3.63, 3.8) is 0 Å². The molecule has 4 rings (SSSR count). The average Bonchev–Trinajstić information content (AvgIpc) is 2.67. The molecule has 0 radical (unpaired) electrons. The molecule has 5 heteroatoms. The molecule has 2 N–H and O–H groups in total. The van der Waals surface area contributed by atoms with Crippen molar-refractivity contribution in [1.29, 1.82) is 0 Å². The molecule has 5 nitrogen and oxygen atoms in total. The van der Waals surface area contributed by atoms with E-state index in [1.165, 1.54) is 16.8 Å². The maximum Gasteiger partial charge on any atom is 0.224 e. The lowest BCUT2D eigenvalue weighted by Crippen LogP contribution is -2.36. The van der Waals surface area contributed by atoms with Crippen molar-refractivity contribution in [3.8, 4) is 0 Å². The van der Waals surface area contributed by atoms with E-state index in [-0.39, 0.29) is 5.91 Å². The van der Waals surface area contributed by atoms with Gasteiger partial charge in [-0.1, -0.05) is 18.2 Å². The van der Waals surface area contributed by atoms with Gasteiger partial charge >= 0.3 is 0 Å². The third-order valence-corrected chi connectivity index (χ3v) is 4.83. The summed E-state index contributed by atoms with van der Waals surface area (Å²) in [5.41, 5.74) is 5.80. The summed E-state index contributed by atoms with van der Waals surface area (Å²) in [6.07, 6.45) is 1.37. The standard InChI is InChI=1S/C20H23N3O2/c24-20-8-5-15-13-17(6-7-18(15)22-20)21-14-16-3-1-2-4-19(16)23-9-11-25-12-10-23/h1-4,6-7,13,21H,5,8-12,14H2,(H,22,24). The van der Waals surface area contributed by atoms with E-state index in [0.29, 0.717) is 6.42 Å². The number of morpholine rings is 1. The lowest BCUT2D eigenvalue weighted by Gasteiger charge is -2.30. The zero-order chi connectivity index (χ0) is 17.1. The van der Waals surface area contributed by atoms with Crippen LogP contribution in [-0.2, 0) is 22.5 Å². The first-order valence-electron chi connectivity index (χ1n) is 8.87. The van der Waals surface area contributed by atoms with E-state index in [4.69, 9.17) is 4.74 Å². The summed E-state index contributed by atoms with van der Waals surface area (Å²) in [6.45, 7) is 4.24. The number of hydrogen-bond donors (Lipinski definition) is 2. The number of anilines is 3. The summed E-state index contributed by atoms with van der Waals surface area (Å²) in [5, 5.41) is 6.46. The molecule has 0 aliphatic carbocycles. The van der Waals surface area contributed by atoms with E-state index in [1.807, 2.05) is 12.1 Å². The zero-order valence-electron chi connectivity index (χ0n) is 14.3. The molecule has 0 aromatic heterocycles. The second kappa shape index (κ2) is 7.15. The van der Waals surface area contributed by atoms with Crippen LogP contribution in [0, 0.1) is 0 Å². The average molecular weight is 337 g/mol. The van der Waals surface area contributed by atoms with Gasteiger partial charge in [0, 0.05) is 43.1 Å². The van der Waals surface area contributed by atoms with Gasteiger partial charge in [-0.15, -0.1) is 0 Å². The van der Waals surface area contributed by atoms with Crippen LogP contribution in [0.2, 0.25) is 0 Å². The monoisotopic (exact) mass is 337 g/mol. The fourth-order valence-electron chi connectivity index (χ4n) is 3.46. The highest BCUT2D eigenvalue weighted by Crippen LogP contribution is 2.27. The van der Waals surface area contributed by atoms with Gasteiger partial charge in [-0.25, -0.2) is 0 Å². The van der Waals surface area contributed by atoms with Crippen molar-refractivity contribution >= 4 is 23.0 Å². The van der Waals surface area contributed by atoms with Crippen LogP contribution in [-0.4, -0.2) is 32.2 Å². The summed E-state index contributed by atoms with van der Waals surface area (Å²) in [6, 6.07) is 14.7. The number of fused-ring (bicyclic) bond motifs is 1. The number of aryl methyl sites for hydroxylation is 1. The minimum atomic E-state index is 0.104. The Hall–Kier alpha value is -2.53. The summed E-state index contributed by atoms with van der Waals surface area (Å²) < 4.78 is 5.46. The van der Waals surface area contributed by atoms with Crippen LogP contribution in [0.5, 0.6) is 0 Å². The molecule has 2 aliphatic rings. The summed E-state index contributed by atoms with van der Waals surface area (Å²) in [5.74, 6) is 0.104. The molecule has 1 saturated heterocycles. The van der Waals surface area contributed by atoms with E-state index in [1.54, 1.807) is 0 Å². The van der Waals surface area contributed by atoms with Crippen molar-refractivity contribution in [2.45, 2.75) is 19.4 Å². The Morgan fingerprint density at radius 1 is 1.08 bits per heavy atom. The number of carbonyl (C=O) groups is 1. The van der Waals surface area contributed by atoms with Crippen LogP contribution in [0.15, 0.2) is 42.5 Å². The number of nitrogens with one attached hydrogen (secondary N) is 2. The molecule has 0 unspecified atom stereocenters. The number of nitrogens with zero attached hydrogens (tertiary/aromatic N) is 1. The molecule has 2 heterocycles. The quantitative estimate of drug-likeness (QED) is 0.900. The molecule has 0 atom stereocenters. The van der Waals surface area contributed by atoms with Crippen molar-refractivity contribution in [2.75, 3.05) is 41.8 Å². The molecule has 25 heavy (non-hydrogen) atoms. The maximum absolute atomic E-state index is 11.5. The van der Waals surface area contributed by atoms with Gasteiger partial charge in [0.05, 0.1) is 13.2 Å². The number of ether oxygens (including phenoxy) is 1. The largest absolute Gasteiger partial charge is 0.381 e. The minimum absolute atomic E-state index is 0.104. The second-order valence-corrected chi connectivity index (χ2v) is 6.50. The van der Waals surface area contributed by atoms with Crippen LogP contribution in [0.3, 0.4) is 0 Å². The normalized spacial score (nSPS) is 17.0. The molecule has 0 spiro atoms. The second-order valence-electron chi connectivity index (χ2n) is 6.50. The predicted octanol–water partition coefficient (Wildman–Crippen LogP) is 3.02. The van der Waals surface area contributed by atoms with Gasteiger partial charge in [0.2, 0.25) is 5.91 Å². The molecule has 130 valence electrons. The summed E-state index contributed by atoms with van der Waals surface area (Å²) in [4.78, 5) is 13.9. The zero-order valence-corrected chi connectivity index (χ0v) is 14.3. The maximum atomic E-state index is 11.5. The molecule has 2 aromatic carbocycles. The third-order valence-electron chi connectivity index (χ3n) is 4.83. The number of hydrogen-bond acceptors (Lipinski definition) is 4. The molecular formula is C20H23N3O2. The predicted molar refractivity (Wildman–Crippen MR) is 100 cm³/mol. The minimum Gasteiger partial charge on any atom is -0.381 e. The number of rotatable bonds is 4. The van der Waals surface area contributed by atoms with Gasteiger partial charge < -0.3 is 20.3 Å². The first kappa shape index (κ1) is 16.0. The number of carbonyl (C=O) groups excluding carboxylic acids is 1. The Morgan fingerprint density at radius 2 is 1.92 bits per heavy atom. The van der Waals surface area contributed by atoms with E-state index >= 15 is 0 Å². The van der Waals surface area contributed by atoms with Crippen molar-refractivity contribution in [1.82, 2.24) is 0 Å². The first-order chi connectivity index (χ1) is 12.3. The van der Waals surface area contributed by atoms with Crippen LogP contribution in [0.25, 0.3) is 0 Å². The number of para-hydroxylation sites is 1. The smallest absolute Gasteiger partial charge is 0.224 e. The molecule has 1 fully saturated rings. The van der Waals surface area contributed by atoms with Crippen molar-refractivity contribution in [2.24, 2.45) is 0 Å². The fourth-order valence-corrected chi connectivity index (χ4v) is 3.46. The Bertz CT molecular complexity index is 769. The molecule has 1 amide bonds. The Balaban J connectivity index is 1.47. The van der Waals surface area contributed by atoms with Gasteiger partial charge in [-0.05, 0) is 41.8 Å². The highest BCUT2D eigenvalue weighted by Gasteiger charge is 2.16. The highest BCUT2D eigenvalue weighted by molar-refractivity contribution is 5.94. The van der Waals surface area contributed by atoms with E-state index in [9.17, 15) is 4.79 Å². The van der Waals surface area contributed by atoms with E-state index < -0.39 is 0 Å². The molecular weight excluding hydrogens is 314 g/mol. The number of benzene rings is 2. The van der Waals surface area contributed by atoms with Crippen molar-refractivity contribution < 1.29 is 9.53 Å². The van der Waals surface area contributed by atoms with Crippen LogP contribution in [0.4, 0.5) is 17.1 Å². The SMILES string of the molecule is O=C1CCc2cc(NCc3ccccc3N3CCOCC3)ccc2N1. The summed E-state index contributed by atoms with van der Waals surface area (Å²) >= 11 is 0. The molecule has 2 aromatic rings. The Kier molecular flexibility index (Phi) is 4.57. The van der Waals surface area contributed by atoms with E-state index in [2.05, 4.69) is 45.9 Å². The Morgan fingerprint density at radius 3 is 2.80 bits per heavy atom. The van der Waals surface area contributed by atoms with Gasteiger partial charge in [-0.2, -0.15) is 0 Å². The van der Waals surface area contributed by atoms with Gasteiger partial charge in [-0.3, -0.25) is 4.79 Å². The first-order valence-corrected chi connectivity index (χ1v) is 8.87. The van der Waals surface area contributed by atoms with Crippen molar-refractivity contribution in [3.05, 3.63) is 53.6 Å². The molecule has 0 saturated carbocycles. The number of amides is 1. The fraction of sp³-hybridized carbons (Fsp3) is 0.350. The summed E-state index contributed by atoms with van der Waals surface area (Å²) in [7, 11) is 0. The molecule has 2 aliphatic heterocycles. The van der Waals surface area contributed by atoms with Crippen LogP contribution >= 0.6 is 0 Å².